The Morgan fingerprint density at radius 2 is 1.35 bits per heavy atom. The van der Waals surface area contributed by atoms with E-state index in [9.17, 15) is 0 Å². The topological polar surface area (TPSA) is 0 Å². The van der Waals surface area contributed by atoms with Gasteiger partial charge >= 0.3 is 6.00 Å². The largest absolute Gasteiger partial charge is 0.341 e. The van der Waals surface area contributed by atoms with Crippen LogP contribution in [0.1, 0.15) is 63.4 Å². The molecular weight excluding hydrogens is 347 g/mol. The summed E-state index contributed by atoms with van der Waals surface area (Å²) in [6, 6.07) is 0.707. The molecule has 0 saturated heterocycles. The average Bonchev–Trinajstić information content (AvgIpc) is 2.87. The first kappa shape index (κ1) is 18.8. The van der Waals surface area contributed by atoms with Crippen LogP contribution in [0.15, 0.2) is 16.8 Å². The van der Waals surface area contributed by atoms with Gasteiger partial charge in [0.25, 0.3) is 0 Å². The number of unbranched alkanes of at least 4 members (excludes halogenated alkanes) is 8. The van der Waals surface area contributed by atoms with Crippen LogP contribution in [0.5, 0.6) is 0 Å². The van der Waals surface area contributed by atoms with Gasteiger partial charge < -0.3 is 0 Å². The fraction of sp³-hybridized carbons (Fsp3) is 0.733. The van der Waals surface area contributed by atoms with Crippen molar-refractivity contribution in [2.24, 2.45) is 0 Å². The lowest BCUT2D eigenvalue weighted by Crippen LogP contribution is -2.07. The van der Waals surface area contributed by atoms with E-state index in [0.29, 0.717) is 0 Å². The molecule has 0 N–H and O–H groups in total. The van der Waals surface area contributed by atoms with Gasteiger partial charge in [0.05, 0.1) is 0 Å². The SMILES string of the molecule is Cl[Si](Cl)(Cl)CCCCCCCCCCCc1ccsc1. The molecule has 20 heavy (non-hydrogen) atoms. The Hall–Kier alpha value is 0.787. The molecular formula is C15H25Cl3SSi. The average molecular weight is 372 g/mol. The minimum Gasteiger partial charge on any atom is -0.152 e. The molecule has 0 nitrogen and oxygen atoms in total. The molecule has 1 heterocycles. The number of aryl methyl sites for hydroxylation is 1. The highest BCUT2D eigenvalue weighted by Crippen LogP contribution is 2.27. The van der Waals surface area contributed by atoms with Crippen LogP contribution >= 0.6 is 44.6 Å². The van der Waals surface area contributed by atoms with Gasteiger partial charge in [0, 0.05) is 0 Å². The van der Waals surface area contributed by atoms with Crippen molar-refractivity contribution in [3.63, 3.8) is 0 Å². The monoisotopic (exact) mass is 370 g/mol. The summed E-state index contributed by atoms with van der Waals surface area (Å²) < 4.78 is 0. The second-order valence-corrected chi connectivity index (χ2v) is 15.5. The van der Waals surface area contributed by atoms with Gasteiger partial charge in [0.15, 0.2) is 0 Å². The first-order valence-corrected chi connectivity index (χ1v) is 13.8. The molecule has 0 amide bonds. The molecule has 0 atom stereocenters. The summed E-state index contributed by atoms with van der Waals surface area (Å²) in [5.41, 5.74) is 1.51. The zero-order chi connectivity index (χ0) is 14.7. The highest BCUT2D eigenvalue weighted by Gasteiger charge is 2.23. The summed E-state index contributed by atoms with van der Waals surface area (Å²) >= 11 is 19.4. The van der Waals surface area contributed by atoms with Crippen molar-refractivity contribution in [1.82, 2.24) is 0 Å². The van der Waals surface area contributed by atoms with Crippen molar-refractivity contribution >= 4 is 50.6 Å². The van der Waals surface area contributed by atoms with E-state index in [-0.39, 0.29) is 0 Å². The minimum atomic E-state index is -2.35. The highest BCUT2D eigenvalue weighted by atomic mass is 35.8. The lowest BCUT2D eigenvalue weighted by molar-refractivity contribution is 0.565. The maximum Gasteiger partial charge on any atom is 0.341 e. The molecule has 0 aromatic carbocycles. The first-order chi connectivity index (χ1) is 9.58. The van der Waals surface area contributed by atoms with E-state index in [2.05, 4.69) is 16.8 Å². The van der Waals surface area contributed by atoms with Crippen LogP contribution in [0.25, 0.3) is 0 Å². The third kappa shape index (κ3) is 11.4. The van der Waals surface area contributed by atoms with Crippen molar-refractivity contribution in [2.75, 3.05) is 0 Å². The van der Waals surface area contributed by atoms with E-state index in [1.807, 2.05) is 0 Å². The van der Waals surface area contributed by atoms with E-state index >= 15 is 0 Å². The predicted molar refractivity (Wildman–Crippen MR) is 97.7 cm³/mol. The van der Waals surface area contributed by atoms with Crippen molar-refractivity contribution in [1.29, 1.82) is 0 Å². The van der Waals surface area contributed by atoms with Crippen LogP contribution in [0.4, 0.5) is 0 Å². The fourth-order valence-corrected chi connectivity index (χ4v) is 4.88. The van der Waals surface area contributed by atoms with Gasteiger partial charge in [-0.15, -0.1) is 33.2 Å². The van der Waals surface area contributed by atoms with Crippen molar-refractivity contribution < 1.29 is 0 Å². The summed E-state index contributed by atoms with van der Waals surface area (Å²) in [5.74, 6) is 0. The summed E-state index contributed by atoms with van der Waals surface area (Å²) in [7, 11) is 0. The van der Waals surface area contributed by atoms with Gasteiger partial charge in [-0.2, -0.15) is 11.3 Å². The molecule has 1 aromatic rings. The third-order valence-electron chi connectivity index (χ3n) is 3.51. The van der Waals surface area contributed by atoms with Crippen LogP contribution in [-0.4, -0.2) is 6.00 Å². The highest BCUT2D eigenvalue weighted by molar-refractivity contribution is 7.64. The second-order valence-electron chi connectivity index (χ2n) is 5.43. The van der Waals surface area contributed by atoms with Crippen LogP contribution < -0.4 is 0 Å². The Balaban J connectivity index is 1.77. The minimum absolute atomic E-state index is 0.820. The molecule has 0 radical (unpaired) electrons. The summed E-state index contributed by atoms with van der Waals surface area (Å²) in [6.07, 6.45) is 13.0. The number of rotatable bonds is 12. The van der Waals surface area contributed by atoms with Gasteiger partial charge in [-0.05, 0) is 41.3 Å². The van der Waals surface area contributed by atoms with E-state index < -0.39 is 6.00 Å². The van der Waals surface area contributed by atoms with Gasteiger partial charge in [-0.1, -0.05) is 51.4 Å². The van der Waals surface area contributed by atoms with Crippen molar-refractivity contribution in [3.8, 4) is 0 Å². The van der Waals surface area contributed by atoms with Crippen molar-refractivity contribution in [2.45, 2.75) is 70.3 Å². The van der Waals surface area contributed by atoms with Gasteiger partial charge in [-0.3, -0.25) is 0 Å². The van der Waals surface area contributed by atoms with E-state index in [0.717, 1.165) is 12.5 Å². The van der Waals surface area contributed by atoms with E-state index in [1.54, 1.807) is 11.3 Å². The zero-order valence-electron chi connectivity index (χ0n) is 12.1. The molecule has 0 unspecified atom stereocenters. The molecule has 1 rings (SSSR count). The molecule has 1 aromatic heterocycles. The summed E-state index contributed by atoms with van der Waals surface area (Å²) in [6.45, 7) is 0. The number of halogens is 3. The Kier molecular flexibility index (Phi) is 10.7. The van der Waals surface area contributed by atoms with Crippen LogP contribution in [0.2, 0.25) is 6.04 Å². The van der Waals surface area contributed by atoms with Crippen LogP contribution in [0, 0.1) is 0 Å². The third-order valence-corrected chi connectivity index (χ3v) is 6.86. The quantitative estimate of drug-likeness (QED) is 0.203. The molecule has 0 saturated carbocycles. The van der Waals surface area contributed by atoms with E-state index in [1.165, 1.54) is 63.4 Å². The molecule has 0 aliphatic rings. The van der Waals surface area contributed by atoms with Crippen molar-refractivity contribution in [3.05, 3.63) is 22.4 Å². The molecule has 0 aliphatic heterocycles. The smallest absolute Gasteiger partial charge is 0.152 e. The lowest BCUT2D eigenvalue weighted by Gasteiger charge is -2.06. The second kappa shape index (κ2) is 11.4. The Morgan fingerprint density at radius 3 is 1.85 bits per heavy atom. The molecule has 0 spiro atoms. The lowest BCUT2D eigenvalue weighted by atomic mass is 10.1. The molecule has 0 aliphatic carbocycles. The van der Waals surface area contributed by atoms with Gasteiger partial charge in [-0.25, -0.2) is 0 Å². The van der Waals surface area contributed by atoms with Crippen LogP contribution in [0.3, 0.4) is 0 Å². The first-order valence-electron chi connectivity index (χ1n) is 7.66. The van der Waals surface area contributed by atoms with Gasteiger partial charge in [0.1, 0.15) is 0 Å². The van der Waals surface area contributed by atoms with Crippen LogP contribution in [-0.2, 0) is 6.42 Å². The molecule has 5 heteroatoms. The number of hydrogen-bond acceptors (Lipinski definition) is 1. The maximum absolute atomic E-state index is 5.85. The molecule has 116 valence electrons. The summed E-state index contributed by atoms with van der Waals surface area (Å²) in [4.78, 5) is 0. The standard InChI is InChI=1S/C15H25Cl3SSi/c16-20(17,18)13-9-7-5-3-1-2-4-6-8-10-15-11-12-19-14-15/h11-12,14H,1-10,13H2. The maximum atomic E-state index is 5.85. The Morgan fingerprint density at radius 1 is 0.800 bits per heavy atom. The number of hydrogen-bond donors (Lipinski definition) is 0. The zero-order valence-corrected chi connectivity index (χ0v) is 16.1. The molecule has 0 bridgehead atoms. The molecule has 0 fully saturated rings. The normalized spacial score (nSPS) is 11.9. The summed E-state index contributed by atoms with van der Waals surface area (Å²) in [5, 5.41) is 4.43. The Labute approximate surface area is 142 Å². The van der Waals surface area contributed by atoms with E-state index in [4.69, 9.17) is 33.2 Å². The fourth-order valence-electron chi connectivity index (χ4n) is 2.33. The number of thiophene rings is 1. The predicted octanol–water partition coefficient (Wildman–Crippen LogP) is 7.46. The van der Waals surface area contributed by atoms with Gasteiger partial charge in [0.2, 0.25) is 0 Å². The Bertz CT molecular complexity index is 322.